The molecule has 0 radical (unpaired) electrons. The van der Waals surface area contributed by atoms with Crippen LogP contribution in [0.5, 0.6) is 5.75 Å². The van der Waals surface area contributed by atoms with Crippen LogP contribution >= 0.6 is 0 Å². The Morgan fingerprint density at radius 3 is 2.62 bits per heavy atom. The van der Waals surface area contributed by atoms with Crippen molar-refractivity contribution < 1.29 is 14.6 Å². The number of benzene rings is 2. The van der Waals surface area contributed by atoms with E-state index in [1.54, 1.807) is 19.2 Å². The number of hydrogen-bond donors (Lipinski definition) is 3. The molecule has 2 aromatic rings. The third kappa shape index (κ3) is 5.37. The van der Waals surface area contributed by atoms with E-state index in [-0.39, 0.29) is 6.04 Å². The Hall–Kier alpha value is -2.37. The third-order valence-corrected chi connectivity index (χ3v) is 3.86. The first kappa shape index (κ1) is 18.0. The van der Waals surface area contributed by atoms with Gasteiger partial charge in [-0.2, -0.15) is 0 Å². The second kappa shape index (κ2) is 9.05. The van der Waals surface area contributed by atoms with Crippen LogP contribution in [0.15, 0.2) is 48.5 Å². The standard InChI is InChI=1S/C19H24N2O3/c1-14(10-15-6-8-18(24-2)9-7-15)20-12-19(23)16-4-3-5-17(11-16)21-13-22/h3-9,11,13-14,19-20,23H,10,12H2,1-2H3,(H,21,22). The second-order valence-corrected chi connectivity index (χ2v) is 5.76. The molecule has 0 aliphatic carbocycles. The van der Waals surface area contributed by atoms with E-state index in [0.29, 0.717) is 18.6 Å². The molecule has 0 aliphatic rings. The van der Waals surface area contributed by atoms with Crippen LogP contribution < -0.4 is 15.4 Å². The number of amides is 1. The summed E-state index contributed by atoms with van der Waals surface area (Å²) in [4.78, 5) is 10.5. The van der Waals surface area contributed by atoms with Crippen LogP contribution in [0.4, 0.5) is 5.69 Å². The average molecular weight is 328 g/mol. The number of nitrogens with one attached hydrogen (secondary N) is 2. The Bertz CT molecular complexity index is 643. The summed E-state index contributed by atoms with van der Waals surface area (Å²) in [6.45, 7) is 2.53. The number of carbonyl (C=O) groups is 1. The lowest BCUT2D eigenvalue weighted by Gasteiger charge is -2.18. The molecule has 0 heterocycles. The number of aliphatic hydroxyl groups is 1. The molecule has 2 aromatic carbocycles. The minimum absolute atomic E-state index is 0.226. The van der Waals surface area contributed by atoms with Gasteiger partial charge in [0.05, 0.1) is 13.2 Å². The van der Waals surface area contributed by atoms with Crippen LogP contribution in [0.2, 0.25) is 0 Å². The van der Waals surface area contributed by atoms with Gasteiger partial charge in [-0.1, -0.05) is 24.3 Å². The Kier molecular flexibility index (Phi) is 6.78. The van der Waals surface area contributed by atoms with Crippen LogP contribution in [0.3, 0.4) is 0 Å². The fourth-order valence-corrected chi connectivity index (χ4v) is 2.52. The van der Waals surface area contributed by atoms with Gasteiger partial charge < -0.3 is 20.5 Å². The second-order valence-electron chi connectivity index (χ2n) is 5.76. The van der Waals surface area contributed by atoms with Gasteiger partial charge in [-0.05, 0) is 48.7 Å². The van der Waals surface area contributed by atoms with E-state index in [4.69, 9.17) is 4.74 Å². The van der Waals surface area contributed by atoms with Crippen molar-refractivity contribution in [2.24, 2.45) is 0 Å². The fourth-order valence-electron chi connectivity index (χ4n) is 2.52. The summed E-state index contributed by atoms with van der Waals surface area (Å²) in [5.41, 5.74) is 2.65. The van der Waals surface area contributed by atoms with Crippen LogP contribution in [-0.4, -0.2) is 31.2 Å². The number of rotatable bonds is 9. The third-order valence-electron chi connectivity index (χ3n) is 3.86. The molecular formula is C19H24N2O3. The predicted octanol–water partition coefficient (Wildman–Crippen LogP) is 2.52. The van der Waals surface area contributed by atoms with Crippen molar-refractivity contribution in [3.8, 4) is 5.75 Å². The monoisotopic (exact) mass is 328 g/mol. The van der Waals surface area contributed by atoms with Crippen molar-refractivity contribution in [1.29, 1.82) is 0 Å². The van der Waals surface area contributed by atoms with E-state index in [0.717, 1.165) is 17.7 Å². The molecule has 0 fully saturated rings. The first-order chi connectivity index (χ1) is 11.6. The van der Waals surface area contributed by atoms with Crippen LogP contribution in [0, 0.1) is 0 Å². The Labute approximate surface area is 142 Å². The quantitative estimate of drug-likeness (QED) is 0.619. The van der Waals surface area contributed by atoms with Crippen LogP contribution in [-0.2, 0) is 11.2 Å². The van der Waals surface area contributed by atoms with E-state index in [1.807, 2.05) is 36.4 Å². The highest BCUT2D eigenvalue weighted by atomic mass is 16.5. The Morgan fingerprint density at radius 1 is 1.21 bits per heavy atom. The average Bonchev–Trinajstić information content (AvgIpc) is 2.61. The molecule has 24 heavy (non-hydrogen) atoms. The molecule has 128 valence electrons. The molecule has 0 saturated heterocycles. The summed E-state index contributed by atoms with van der Waals surface area (Å²) >= 11 is 0. The van der Waals surface area contributed by atoms with Crippen molar-refractivity contribution >= 4 is 12.1 Å². The van der Waals surface area contributed by atoms with Gasteiger partial charge >= 0.3 is 0 Å². The molecule has 1 amide bonds. The molecule has 5 nitrogen and oxygen atoms in total. The topological polar surface area (TPSA) is 70.6 Å². The number of ether oxygens (including phenoxy) is 1. The summed E-state index contributed by atoms with van der Waals surface area (Å²) in [5.74, 6) is 0.846. The molecule has 0 saturated carbocycles. The van der Waals surface area contributed by atoms with E-state index in [2.05, 4.69) is 17.6 Å². The van der Waals surface area contributed by atoms with E-state index in [9.17, 15) is 9.90 Å². The zero-order valence-electron chi connectivity index (χ0n) is 14.0. The highest BCUT2D eigenvalue weighted by molar-refractivity contribution is 5.71. The number of anilines is 1. The summed E-state index contributed by atoms with van der Waals surface area (Å²) in [6, 6.07) is 15.4. The summed E-state index contributed by atoms with van der Waals surface area (Å²) in [7, 11) is 1.65. The molecular weight excluding hydrogens is 304 g/mol. The number of hydrogen-bond acceptors (Lipinski definition) is 4. The zero-order valence-corrected chi connectivity index (χ0v) is 14.0. The van der Waals surface area contributed by atoms with Gasteiger partial charge in [0.15, 0.2) is 0 Å². The van der Waals surface area contributed by atoms with Gasteiger partial charge in [0, 0.05) is 18.3 Å². The highest BCUT2D eigenvalue weighted by Crippen LogP contribution is 2.17. The molecule has 0 aliphatic heterocycles. The molecule has 2 unspecified atom stereocenters. The van der Waals surface area contributed by atoms with Gasteiger partial charge in [-0.3, -0.25) is 4.79 Å². The molecule has 0 bridgehead atoms. The van der Waals surface area contributed by atoms with E-state index >= 15 is 0 Å². The molecule has 0 spiro atoms. The summed E-state index contributed by atoms with van der Waals surface area (Å²) in [6.07, 6.45) is 0.862. The first-order valence-corrected chi connectivity index (χ1v) is 7.97. The minimum Gasteiger partial charge on any atom is -0.497 e. The lowest BCUT2D eigenvalue weighted by Crippen LogP contribution is -2.32. The first-order valence-electron chi connectivity index (χ1n) is 7.97. The number of aliphatic hydroxyl groups excluding tert-OH is 1. The summed E-state index contributed by atoms with van der Waals surface area (Å²) in [5, 5.41) is 16.2. The number of methoxy groups -OCH3 is 1. The van der Waals surface area contributed by atoms with Crippen molar-refractivity contribution in [1.82, 2.24) is 5.32 Å². The van der Waals surface area contributed by atoms with Gasteiger partial charge in [0.2, 0.25) is 6.41 Å². The van der Waals surface area contributed by atoms with Crippen molar-refractivity contribution in [3.05, 3.63) is 59.7 Å². The van der Waals surface area contributed by atoms with E-state index < -0.39 is 6.10 Å². The van der Waals surface area contributed by atoms with Crippen molar-refractivity contribution in [2.45, 2.75) is 25.5 Å². The smallest absolute Gasteiger partial charge is 0.211 e. The predicted molar refractivity (Wildman–Crippen MR) is 95.3 cm³/mol. The Morgan fingerprint density at radius 2 is 1.96 bits per heavy atom. The number of carbonyl (C=O) groups excluding carboxylic acids is 1. The largest absolute Gasteiger partial charge is 0.497 e. The summed E-state index contributed by atoms with van der Waals surface area (Å²) < 4.78 is 5.15. The molecule has 3 N–H and O–H groups in total. The SMILES string of the molecule is COc1ccc(CC(C)NCC(O)c2cccc(NC=O)c2)cc1. The molecule has 0 aromatic heterocycles. The fraction of sp³-hybridized carbons (Fsp3) is 0.316. The van der Waals surface area contributed by atoms with Gasteiger partial charge in [0.25, 0.3) is 0 Å². The molecule has 2 rings (SSSR count). The maximum atomic E-state index is 10.5. The van der Waals surface area contributed by atoms with Gasteiger partial charge in [-0.25, -0.2) is 0 Å². The van der Waals surface area contributed by atoms with Crippen molar-refractivity contribution in [3.63, 3.8) is 0 Å². The maximum absolute atomic E-state index is 10.5. The lowest BCUT2D eigenvalue weighted by molar-refractivity contribution is -0.105. The highest BCUT2D eigenvalue weighted by Gasteiger charge is 2.10. The molecule has 2 atom stereocenters. The minimum atomic E-state index is -0.628. The van der Waals surface area contributed by atoms with Crippen LogP contribution in [0.1, 0.15) is 24.2 Å². The Balaban J connectivity index is 1.84. The molecule has 5 heteroatoms. The van der Waals surface area contributed by atoms with Gasteiger partial charge in [-0.15, -0.1) is 0 Å². The van der Waals surface area contributed by atoms with Crippen molar-refractivity contribution in [2.75, 3.05) is 19.0 Å². The normalized spacial score (nSPS) is 13.1. The van der Waals surface area contributed by atoms with Crippen LogP contribution in [0.25, 0.3) is 0 Å². The van der Waals surface area contributed by atoms with Gasteiger partial charge in [0.1, 0.15) is 5.75 Å². The van der Waals surface area contributed by atoms with E-state index in [1.165, 1.54) is 5.56 Å². The maximum Gasteiger partial charge on any atom is 0.211 e. The zero-order chi connectivity index (χ0) is 17.4. The lowest BCUT2D eigenvalue weighted by atomic mass is 10.1.